The van der Waals surface area contributed by atoms with E-state index >= 15 is 0 Å². The number of nitrogens with zero attached hydrogens (tertiary/aromatic N) is 6. The molecule has 2 aromatic heterocycles. The first-order chi connectivity index (χ1) is 15.7. The fraction of sp³-hybridized carbons (Fsp3) is 0.250. The van der Waals surface area contributed by atoms with Crippen LogP contribution in [0.4, 0.5) is 0 Å². The molecule has 0 radical (unpaired) electrons. The second-order valence-corrected chi connectivity index (χ2v) is 7.72. The van der Waals surface area contributed by atoms with E-state index in [2.05, 4.69) is 58.7 Å². The number of rotatable bonds is 8. The molecule has 8 nitrogen and oxygen atoms in total. The molecule has 5 aromatic rings. The Bertz CT molecular complexity index is 1250. The summed E-state index contributed by atoms with van der Waals surface area (Å²) in [7, 11) is 0. The second kappa shape index (κ2) is 8.66. The molecule has 2 heterocycles. The predicted molar refractivity (Wildman–Crippen MR) is 122 cm³/mol. The monoisotopic (exact) mass is 428 g/mol. The van der Waals surface area contributed by atoms with Gasteiger partial charge in [-0.3, -0.25) is 0 Å². The molecule has 0 unspecified atom stereocenters. The molecule has 3 aromatic carbocycles. The van der Waals surface area contributed by atoms with Crippen molar-refractivity contribution in [2.24, 2.45) is 0 Å². The van der Waals surface area contributed by atoms with Gasteiger partial charge in [0.2, 0.25) is 0 Å². The first-order valence-electron chi connectivity index (χ1n) is 10.9. The van der Waals surface area contributed by atoms with Crippen LogP contribution in [0, 0.1) is 0 Å². The molecule has 0 N–H and O–H groups in total. The topological polar surface area (TPSA) is 79.9 Å². The first kappa shape index (κ1) is 20.0. The van der Waals surface area contributed by atoms with E-state index in [0.717, 1.165) is 47.8 Å². The van der Waals surface area contributed by atoms with Crippen LogP contribution in [0.1, 0.15) is 37.8 Å². The van der Waals surface area contributed by atoms with E-state index in [-0.39, 0.29) is 0 Å². The lowest BCUT2D eigenvalue weighted by atomic mass is 10.1. The van der Waals surface area contributed by atoms with Crippen LogP contribution in [0.2, 0.25) is 0 Å². The zero-order chi connectivity index (χ0) is 21.9. The maximum atomic E-state index is 5.88. The highest BCUT2D eigenvalue weighted by atomic mass is 16.7. The molecule has 8 heteroatoms. The summed E-state index contributed by atoms with van der Waals surface area (Å²) in [6, 6.07) is 19.5. The molecule has 0 atom stereocenters. The molecule has 0 saturated heterocycles. The van der Waals surface area contributed by atoms with E-state index in [4.69, 9.17) is 9.68 Å². The summed E-state index contributed by atoms with van der Waals surface area (Å²) in [5.74, 6) is 1.24. The highest BCUT2D eigenvalue weighted by Crippen LogP contribution is 2.22. The molecule has 0 saturated carbocycles. The third-order valence-corrected chi connectivity index (χ3v) is 5.24. The molecular formula is C24H24N6O2. The van der Waals surface area contributed by atoms with Crippen LogP contribution in [0.25, 0.3) is 22.1 Å². The Morgan fingerprint density at radius 1 is 0.625 bits per heavy atom. The zero-order valence-corrected chi connectivity index (χ0v) is 18.1. The van der Waals surface area contributed by atoms with Gasteiger partial charge < -0.3 is 9.68 Å². The summed E-state index contributed by atoms with van der Waals surface area (Å²) < 4.78 is 0. The van der Waals surface area contributed by atoms with Gasteiger partial charge in [-0.1, -0.05) is 48.5 Å². The van der Waals surface area contributed by atoms with E-state index in [1.165, 1.54) is 20.8 Å². The fourth-order valence-corrected chi connectivity index (χ4v) is 3.68. The number of hydrogen-bond donors (Lipinski definition) is 0. The zero-order valence-electron chi connectivity index (χ0n) is 18.1. The van der Waals surface area contributed by atoms with Crippen molar-refractivity contribution >= 4 is 22.1 Å². The van der Waals surface area contributed by atoms with Crippen LogP contribution in [-0.4, -0.2) is 30.3 Å². The second-order valence-electron chi connectivity index (χ2n) is 7.72. The Balaban J connectivity index is 1.30. The molecule has 32 heavy (non-hydrogen) atoms. The molecule has 0 spiro atoms. The van der Waals surface area contributed by atoms with Gasteiger partial charge in [-0.05, 0) is 82.9 Å². The van der Waals surface area contributed by atoms with Gasteiger partial charge in [0.1, 0.15) is 22.1 Å². The molecule has 0 aliphatic heterocycles. The van der Waals surface area contributed by atoms with Gasteiger partial charge >= 0.3 is 0 Å². The molecule has 0 aliphatic carbocycles. The van der Waals surface area contributed by atoms with Crippen molar-refractivity contribution in [2.75, 3.05) is 0 Å². The lowest BCUT2D eigenvalue weighted by Crippen LogP contribution is -2.08. The standard InChI is InChI=1S/C24H24N6O2/c1-3-5-17-7-13-23-21(15-17)25-27-29(23)31-19-9-11-20(12-10-19)32-30-24-14-8-18(6-4-2)16-22(24)26-28-30/h7-16H,3-6H2,1-2H3. The summed E-state index contributed by atoms with van der Waals surface area (Å²) in [4.78, 5) is 14.6. The summed E-state index contributed by atoms with van der Waals surface area (Å²) in [6.07, 6.45) is 4.22. The summed E-state index contributed by atoms with van der Waals surface area (Å²) in [6.45, 7) is 4.32. The third-order valence-electron chi connectivity index (χ3n) is 5.24. The minimum Gasteiger partial charge on any atom is -0.356 e. The number of hydrogen-bond acceptors (Lipinski definition) is 6. The molecule has 0 aliphatic rings. The maximum absolute atomic E-state index is 5.88. The maximum Gasteiger partial charge on any atom is 0.158 e. The minimum atomic E-state index is 0.620. The van der Waals surface area contributed by atoms with E-state index in [1.54, 1.807) is 0 Å². The average molecular weight is 428 g/mol. The molecule has 0 bridgehead atoms. The molecule has 5 rings (SSSR count). The Morgan fingerprint density at radius 3 is 1.47 bits per heavy atom. The summed E-state index contributed by atoms with van der Waals surface area (Å²) in [5.41, 5.74) is 5.77. The first-order valence-corrected chi connectivity index (χ1v) is 10.9. The number of fused-ring (bicyclic) bond motifs is 2. The van der Waals surface area contributed by atoms with Crippen LogP contribution >= 0.6 is 0 Å². The molecule has 0 amide bonds. The van der Waals surface area contributed by atoms with Crippen molar-refractivity contribution in [1.82, 2.24) is 30.3 Å². The highest BCUT2D eigenvalue weighted by molar-refractivity contribution is 5.75. The van der Waals surface area contributed by atoms with E-state index in [1.807, 2.05) is 36.4 Å². The van der Waals surface area contributed by atoms with Crippen LogP contribution in [0.5, 0.6) is 11.5 Å². The quantitative estimate of drug-likeness (QED) is 0.354. The smallest absolute Gasteiger partial charge is 0.158 e. The number of benzene rings is 3. The lowest BCUT2D eigenvalue weighted by Gasteiger charge is -2.07. The number of aryl methyl sites for hydroxylation is 2. The summed E-state index contributed by atoms with van der Waals surface area (Å²) >= 11 is 0. The van der Waals surface area contributed by atoms with Crippen molar-refractivity contribution in [2.45, 2.75) is 39.5 Å². The Kier molecular flexibility index (Phi) is 5.41. The molecule has 0 fully saturated rings. The van der Waals surface area contributed by atoms with Crippen molar-refractivity contribution in [1.29, 1.82) is 0 Å². The minimum absolute atomic E-state index is 0.620. The van der Waals surface area contributed by atoms with Crippen LogP contribution in [0.15, 0.2) is 60.7 Å². The Labute approximate surface area is 185 Å². The van der Waals surface area contributed by atoms with Crippen molar-refractivity contribution in [3.05, 3.63) is 71.8 Å². The molecular weight excluding hydrogens is 404 g/mol. The van der Waals surface area contributed by atoms with Crippen LogP contribution < -0.4 is 9.68 Å². The van der Waals surface area contributed by atoms with Gasteiger partial charge in [0.25, 0.3) is 0 Å². The van der Waals surface area contributed by atoms with Gasteiger partial charge in [0.05, 0.1) is 0 Å². The largest absolute Gasteiger partial charge is 0.356 e. The average Bonchev–Trinajstić information content (AvgIpc) is 3.39. The van der Waals surface area contributed by atoms with Gasteiger partial charge in [-0.25, -0.2) is 0 Å². The SMILES string of the molecule is CCCc1ccc2c(c1)nnn2Oc1ccc(On2nnc3cc(CCC)ccc32)cc1. The van der Waals surface area contributed by atoms with Crippen LogP contribution in [0.3, 0.4) is 0 Å². The van der Waals surface area contributed by atoms with Crippen molar-refractivity contribution in [3.63, 3.8) is 0 Å². The normalized spacial score (nSPS) is 11.3. The highest BCUT2D eigenvalue weighted by Gasteiger charge is 2.10. The van der Waals surface area contributed by atoms with Crippen molar-refractivity contribution < 1.29 is 9.68 Å². The summed E-state index contributed by atoms with van der Waals surface area (Å²) in [5, 5.41) is 16.7. The third kappa shape index (κ3) is 3.99. The van der Waals surface area contributed by atoms with E-state index in [9.17, 15) is 0 Å². The van der Waals surface area contributed by atoms with Crippen molar-refractivity contribution in [3.8, 4) is 11.5 Å². The Morgan fingerprint density at radius 2 is 1.06 bits per heavy atom. The van der Waals surface area contributed by atoms with Gasteiger partial charge in [0.15, 0.2) is 11.5 Å². The fourth-order valence-electron chi connectivity index (χ4n) is 3.68. The number of aromatic nitrogens is 6. The van der Waals surface area contributed by atoms with E-state index in [0.29, 0.717) is 11.5 Å². The van der Waals surface area contributed by atoms with Gasteiger partial charge in [-0.2, -0.15) is 0 Å². The molecule has 162 valence electrons. The van der Waals surface area contributed by atoms with Gasteiger partial charge in [-0.15, -0.1) is 10.2 Å². The predicted octanol–water partition coefficient (Wildman–Crippen LogP) is 4.77. The Hall–Kier alpha value is -3.94. The lowest BCUT2D eigenvalue weighted by molar-refractivity contribution is 0.178. The van der Waals surface area contributed by atoms with Crippen LogP contribution in [-0.2, 0) is 12.8 Å². The van der Waals surface area contributed by atoms with E-state index < -0.39 is 0 Å². The van der Waals surface area contributed by atoms with Gasteiger partial charge in [0, 0.05) is 0 Å².